The minimum Gasteiger partial charge on any atom is -0.481 e. The molecule has 0 saturated heterocycles. The molecule has 0 heterocycles. The van der Waals surface area contributed by atoms with E-state index in [1.807, 2.05) is 0 Å². The van der Waals surface area contributed by atoms with Gasteiger partial charge in [-0.25, -0.2) is 0 Å². The smallest absolute Gasteiger partial charge is 0.303 e. The zero-order valence-corrected chi connectivity index (χ0v) is 21.8. The predicted octanol–water partition coefficient (Wildman–Crippen LogP) is 6.28. The van der Waals surface area contributed by atoms with Crippen LogP contribution in [0.4, 0.5) is 0 Å². The van der Waals surface area contributed by atoms with Gasteiger partial charge in [0.2, 0.25) is 5.91 Å². The third-order valence-corrected chi connectivity index (χ3v) is 5.07. The zero-order chi connectivity index (χ0) is 25.6. The Balaban J connectivity index is -0.000000746. The number of carbonyl (C=O) groups excluding carboxylic acids is 1. The lowest BCUT2D eigenvalue weighted by molar-refractivity contribution is -0.137. The maximum Gasteiger partial charge on any atom is 0.303 e. The summed E-state index contributed by atoms with van der Waals surface area (Å²) in [4.78, 5) is 30.3. The fourth-order valence-electron chi connectivity index (χ4n) is 2.89. The van der Waals surface area contributed by atoms with E-state index in [2.05, 4.69) is 12.2 Å². The van der Waals surface area contributed by atoms with E-state index < -0.39 is 11.9 Å². The van der Waals surface area contributed by atoms with Crippen LogP contribution in [-0.4, -0.2) is 41.1 Å². The molecule has 0 aromatic heterocycles. The molecule has 0 aliphatic carbocycles. The molecular weight excluding hydrogens is 420 g/mol. The highest BCUT2D eigenvalue weighted by atomic mass is 16.4. The van der Waals surface area contributed by atoms with Gasteiger partial charge in [0.1, 0.15) is 0 Å². The Morgan fingerprint density at radius 3 is 1.30 bits per heavy atom. The van der Waals surface area contributed by atoms with Crippen molar-refractivity contribution < 1.29 is 24.6 Å². The van der Waals surface area contributed by atoms with Crippen LogP contribution in [0.15, 0.2) is 0 Å². The van der Waals surface area contributed by atoms with Crippen LogP contribution in [0.5, 0.6) is 0 Å². The molecule has 1 amide bonds. The highest BCUT2D eigenvalue weighted by Crippen LogP contribution is 2.12. The van der Waals surface area contributed by atoms with Gasteiger partial charge in [-0.3, -0.25) is 14.4 Å². The second kappa shape index (κ2) is 32.5. The van der Waals surface area contributed by atoms with Gasteiger partial charge in [0, 0.05) is 25.8 Å². The number of unbranched alkanes of at least 4 members (excludes halogenated alkanes) is 13. The second-order valence-electron chi connectivity index (χ2n) is 8.33. The molecule has 0 fully saturated rings. The second-order valence-corrected chi connectivity index (χ2v) is 8.33. The summed E-state index contributed by atoms with van der Waals surface area (Å²) in [6.45, 7) is 6.98. The maximum atomic E-state index is 11.6. The number of nitrogens with one attached hydrogen (secondary N) is 1. The van der Waals surface area contributed by atoms with Gasteiger partial charge >= 0.3 is 11.9 Å². The van der Waals surface area contributed by atoms with Crippen molar-refractivity contribution in [3.05, 3.63) is 0 Å². The summed E-state index contributed by atoms with van der Waals surface area (Å²) >= 11 is 0. The molecule has 33 heavy (non-hydrogen) atoms. The summed E-state index contributed by atoms with van der Waals surface area (Å²) in [6.07, 6.45) is 20.7. The van der Waals surface area contributed by atoms with Crippen LogP contribution < -0.4 is 11.1 Å². The average Bonchev–Trinajstić information content (AvgIpc) is 2.80. The van der Waals surface area contributed by atoms with E-state index in [1.165, 1.54) is 77.0 Å². The number of carboxylic acid groups (broad SMARTS) is 2. The number of carbonyl (C=O) groups is 3. The van der Waals surface area contributed by atoms with Crippen LogP contribution in [0.3, 0.4) is 0 Å². The predicted molar refractivity (Wildman–Crippen MR) is 137 cm³/mol. The Morgan fingerprint density at radius 1 is 0.606 bits per heavy atom. The molecule has 0 radical (unpaired) electrons. The molecule has 198 valence electrons. The number of rotatable bonds is 20. The Bertz CT molecular complexity index is 417. The number of nitrogens with two attached hydrogens (primary N) is 1. The highest BCUT2D eigenvalue weighted by Gasteiger charge is 2.00. The highest BCUT2D eigenvalue weighted by molar-refractivity contribution is 5.75. The first-order chi connectivity index (χ1) is 15.8. The van der Waals surface area contributed by atoms with E-state index in [4.69, 9.17) is 15.9 Å². The van der Waals surface area contributed by atoms with Crippen LogP contribution in [0.25, 0.3) is 0 Å². The summed E-state index contributed by atoms with van der Waals surface area (Å²) in [5, 5.41) is 18.4. The molecule has 0 aromatic rings. The lowest BCUT2D eigenvalue weighted by atomic mass is 10.0. The van der Waals surface area contributed by atoms with Gasteiger partial charge in [0.15, 0.2) is 0 Å². The van der Waals surface area contributed by atoms with Gasteiger partial charge in [-0.1, -0.05) is 97.8 Å². The molecule has 0 aliphatic rings. The van der Waals surface area contributed by atoms with Gasteiger partial charge in [0.25, 0.3) is 0 Å². The minimum atomic E-state index is -0.745. The van der Waals surface area contributed by atoms with Crippen molar-refractivity contribution in [1.82, 2.24) is 5.32 Å². The molecule has 0 unspecified atom stereocenters. The van der Waals surface area contributed by atoms with E-state index in [0.29, 0.717) is 13.0 Å². The molecule has 0 atom stereocenters. The number of amides is 1. The quantitative estimate of drug-likeness (QED) is 0.154. The number of hydrogen-bond acceptors (Lipinski definition) is 4. The number of aliphatic carboxylic acids is 2. The largest absolute Gasteiger partial charge is 0.481 e. The third-order valence-electron chi connectivity index (χ3n) is 5.07. The first kappa shape index (κ1) is 35.9. The van der Waals surface area contributed by atoms with Gasteiger partial charge in [-0.05, 0) is 25.8 Å². The standard InChI is InChI=1S/C20H42N2O.2C3H6O2/c1-2-3-4-5-6-7-8-9-10-11-12-13-14-17-20(23)22-19-16-15-18-21;2*1-2-3(4)5/h2-19,21H2,1H3,(H,22,23);2*2H2,1H3,(H,4,5). The van der Waals surface area contributed by atoms with Crippen molar-refractivity contribution in [2.24, 2.45) is 5.73 Å². The number of hydrogen-bond donors (Lipinski definition) is 4. The Hall–Kier alpha value is -1.63. The van der Waals surface area contributed by atoms with Crippen LogP contribution in [0.2, 0.25) is 0 Å². The summed E-state index contributed by atoms with van der Waals surface area (Å²) in [5.74, 6) is -1.28. The Kier molecular flexibility index (Phi) is 35.5. The van der Waals surface area contributed by atoms with Gasteiger partial charge in [-0.15, -0.1) is 0 Å². The molecule has 0 aromatic carbocycles. The molecule has 5 N–H and O–H groups in total. The normalized spacial score (nSPS) is 9.82. The lowest BCUT2D eigenvalue weighted by Crippen LogP contribution is -2.24. The molecule has 0 spiro atoms. The SMILES string of the molecule is CCC(=O)O.CCC(=O)O.CCCCCCCCCCCCCCCC(=O)NCCCCN. The monoisotopic (exact) mass is 474 g/mol. The minimum absolute atomic E-state index is 0.213. The molecule has 0 rings (SSSR count). The van der Waals surface area contributed by atoms with E-state index in [-0.39, 0.29) is 18.7 Å². The Morgan fingerprint density at radius 2 is 0.970 bits per heavy atom. The van der Waals surface area contributed by atoms with Crippen LogP contribution >= 0.6 is 0 Å². The fraction of sp³-hybridized carbons (Fsp3) is 0.885. The van der Waals surface area contributed by atoms with E-state index in [0.717, 1.165) is 25.8 Å². The van der Waals surface area contributed by atoms with Crippen molar-refractivity contribution in [1.29, 1.82) is 0 Å². The molecule has 7 nitrogen and oxygen atoms in total. The lowest BCUT2D eigenvalue weighted by Gasteiger charge is -2.05. The first-order valence-electron chi connectivity index (χ1n) is 13.3. The maximum absolute atomic E-state index is 11.6. The van der Waals surface area contributed by atoms with Crippen LogP contribution in [0, 0.1) is 0 Å². The summed E-state index contributed by atoms with van der Waals surface area (Å²) in [5.41, 5.74) is 5.42. The van der Waals surface area contributed by atoms with Gasteiger partial charge < -0.3 is 21.3 Å². The summed E-state index contributed by atoms with van der Waals surface area (Å²) in [6, 6.07) is 0. The van der Waals surface area contributed by atoms with Crippen molar-refractivity contribution >= 4 is 17.8 Å². The van der Waals surface area contributed by atoms with Crippen molar-refractivity contribution in [3.8, 4) is 0 Å². The van der Waals surface area contributed by atoms with Gasteiger partial charge in [0.05, 0.1) is 0 Å². The van der Waals surface area contributed by atoms with Gasteiger partial charge in [-0.2, -0.15) is 0 Å². The molecule has 0 saturated carbocycles. The number of carboxylic acids is 2. The first-order valence-corrected chi connectivity index (χ1v) is 13.3. The van der Waals surface area contributed by atoms with E-state index in [9.17, 15) is 14.4 Å². The molecule has 0 bridgehead atoms. The van der Waals surface area contributed by atoms with Crippen molar-refractivity contribution in [3.63, 3.8) is 0 Å². The van der Waals surface area contributed by atoms with E-state index >= 15 is 0 Å². The summed E-state index contributed by atoms with van der Waals surface area (Å²) in [7, 11) is 0. The van der Waals surface area contributed by atoms with E-state index in [1.54, 1.807) is 13.8 Å². The molecule has 7 heteroatoms. The Labute approximate surface area is 203 Å². The van der Waals surface area contributed by atoms with Crippen molar-refractivity contribution in [2.75, 3.05) is 13.1 Å². The summed E-state index contributed by atoms with van der Waals surface area (Å²) < 4.78 is 0. The van der Waals surface area contributed by atoms with Crippen LogP contribution in [0.1, 0.15) is 136 Å². The van der Waals surface area contributed by atoms with Crippen LogP contribution in [-0.2, 0) is 14.4 Å². The zero-order valence-electron chi connectivity index (χ0n) is 21.8. The molecule has 0 aliphatic heterocycles. The average molecular weight is 475 g/mol. The van der Waals surface area contributed by atoms with Crippen molar-refractivity contribution in [2.45, 2.75) is 136 Å². The third kappa shape index (κ3) is 44.8. The molecular formula is C26H54N2O5. The topological polar surface area (TPSA) is 130 Å². The fourth-order valence-corrected chi connectivity index (χ4v) is 2.89.